The van der Waals surface area contributed by atoms with Gasteiger partial charge in [-0.2, -0.15) is 5.10 Å². The Balaban J connectivity index is 2.14. The summed E-state index contributed by atoms with van der Waals surface area (Å²) in [6.45, 7) is 0.429. The van der Waals surface area contributed by atoms with Crippen LogP contribution in [-0.2, 0) is 13.6 Å². The molecule has 1 aromatic heterocycles. The number of phenolic OH excluding ortho intramolecular Hbond substituents is 1. The highest BCUT2D eigenvalue weighted by atomic mass is 16.5. The molecular formula is C14H17N3O3. The van der Waals surface area contributed by atoms with Gasteiger partial charge in [-0.1, -0.05) is 0 Å². The number of aromatic hydroxyl groups is 1. The Kier molecular flexibility index (Phi) is 3.93. The van der Waals surface area contributed by atoms with Gasteiger partial charge in [0.05, 0.1) is 18.9 Å². The Labute approximate surface area is 117 Å². The lowest BCUT2D eigenvalue weighted by Crippen LogP contribution is -2.26. The van der Waals surface area contributed by atoms with E-state index in [1.165, 1.54) is 18.1 Å². The average Bonchev–Trinajstić information content (AvgIpc) is 2.83. The Hall–Kier alpha value is -2.50. The SMILES string of the molecule is COc1ccc(C(=O)N(C)Cc2cnn(C)c2)c(O)c1. The van der Waals surface area contributed by atoms with Gasteiger partial charge < -0.3 is 14.7 Å². The summed E-state index contributed by atoms with van der Waals surface area (Å²) in [6.07, 6.45) is 3.55. The highest BCUT2D eigenvalue weighted by Gasteiger charge is 2.17. The molecule has 0 fully saturated rings. The summed E-state index contributed by atoms with van der Waals surface area (Å²) in [4.78, 5) is 13.8. The number of rotatable bonds is 4. The summed E-state index contributed by atoms with van der Waals surface area (Å²) in [5, 5.41) is 13.9. The molecule has 0 saturated heterocycles. The number of carbonyl (C=O) groups excluding carboxylic acids is 1. The molecule has 106 valence electrons. The maximum Gasteiger partial charge on any atom is 0.257 e. The zero-order valence-electron chi connectivity index (χ0n) is 11.7. The third-order valence-corrected chi connectivity index (χ3v) is 2.96. The fourth-order valence-electron chi connectivity index (χ4n) is 1.92. The number of carbonyl (C=O) groups is 1. The second kappa shape index (κ2) is 5.64. The van der Waals surface area contributed by atoms with Gasteiger partial charge in [0.1, 0.15) is 11.5 Å². The average molecular weight is 275 g/mol. The van der Waals surface area contributed by atoms with Crippen LogP contribution in [0.25, 0.3) is 0 Å². The molecule has 1 N–H and O–H groups in total. The van der Waals surface area contributed by atoms with Crippen molar-refractivity contribution in [2.75, 3.05) is 14.2 Å². The summed E-state index contributed by atoms with van der Waals surface area (Å²) in [6, 6.07) is 4.62. The van der Waals surface area contributed by atoms with Crippen molar-refractivity contribution in [2.45, 2.75) is 6.54 Å². The van der Waals surface area contributed by atoms with Crippen LogP contribution in [0, 0.1) is 0 Å². The molecular weight excluding hydrogens is 258 g/mol. The molecule has 0 saturated carbocycles. The van der Waals surface area contributed by atoms with Crippen molar-refractivity contribution in [3.05, 3.63) is 41.7 Å². The summed E-state index contributed by atoms with van der Waals surface area (Å²) in [5.41, 5.74) is 1.17. The summed E-state index contributed by atoms with van der Waals surface area (Å²) in [5.74, 6) is 0.162. The standard InChI is InChI=1S/C14H17N3O3/c1-16(8-10-7-15-17(2)9-10)14(19)12-5-4-11(20-3)6-13(12)18/h4-7,9,18H,8H2,1-3H3. The summed E-state index contributed by atoms with van der Waals surface area (Å²) >= 11 is 0. The minimum atomic E-state index is -0.256. The van der Waals surface area contributed by atoms with Crippen LogP contribution >= 0.6 is 0 Å². The number of nitrogens with zero attached hydrogens (tertiary/aromatic N) is 3. The van der Waals surface area contributed by atoms with E-state index in [4.69, 9.17) is 4.74 Å². The number of benzene rings is 1. The van der Waals surface area contributed by atoms with E-state index in [1.54, 1.807) is 30.1 Å². The number of hydrogen-bond donors (Lipinski definition) is 1. The van der Waals surface area contributed by atoms with Crippen molar-refractivity contribution in [2.24, 2.45) is 7.05 Å². The van der Waals surface area contributed by atoms with Gasteiger partial charge >= 0.3 is 0 Å². The monoisotopic (exact) mass is 275 g/mol. The molecule has 6 heteroatoms. The van der Waals surface area contributed by atoms with Crippen LogP contribution in [0.3, 0.4) is 0 Å². The van der Waals surface area contributed by atoms with Crippen molar-refractivity contribution in [3.63, 3.8) is 0 Å². The van der Waals surface area contributed by atoms with Crippen LogP contribution in [0.15, 0.2) is 30.6 Å². The van der Waals surface area contributed by atoms with Crippen molar-refractivity contribution in [1.29, 1.82) is 0 Å². The van der Waals surface area contributed by atoms with Crippen LogP contribution in [0.4, 0.5) is 0 Å². The molecule has 1 heterocycles. The molecule has 0 radical (unpaired) electrons. The number of ether oxygens (including phenoxy) is 1. The molecule has 0 aliphatic carbocycles. The first-order valence-electron chi connectivity index (χ1n) is 6.11. The molecule has 0 aliphatic heterocycles. The highest BCUT2D eigenvalue weighted by Crippen LogP contribution is 2.24. The number of phenols is 1. The third-order valence-electron chi connectivity index (χ3n) is 2.96. The van der Waals surface area contributed by atoms with E-state index < -0.39 is 0 Å². The van der Waals surface area contributed by atoms with E-state index in [9.17, 15) is 9.90 Å². The molecule has 6 nitrogen and oxygen atoms in total. The second-order valence-electron chi connectivity index (χ2n) is 4.57. The lowest BCUT2D eigenvalue weighted by Gasteiger charge is -2.17. The second-order valence-corrected chi connectivity index (χ2v) is 4.57. The maximum absolute atomic E-state index is 12.3. The number of amides is 1. The Morgan fingerprint density at radius 1 is 1.50 bits per heavy atom. The molecule has 0 bridgehead atoms. The lowest BCUT2D eigenvalue weighted by atomic mass is 10.1. The van der Waals surface area contributed by atoms with Crippen LogP contribution < -0.4 is 4.74 Å². The highest BCUT2D eigenvalue weighted by molar-refractivity contribution is 5.96. The first kappa shape index (κ1) is 13.9. The molecule has 0 atom stereocenters. The molecule has 0 aliphatic rings. The quantitative estimate of drug-likeness (QED) is 0.916. The van der Waals surface area contributed by atoms with E-state index in [0.29, 0.717) is 12.3 Å². The molecule has 1 amide bonds. The summed E-state index contributed by atoms with van der Waals surface area (Å²) in [7, 11) is 5.00. The summed E-state index contributed by atoms with van der Waals surface area (Å²) < 4.78 is 6.67. The van der Waals surface area contributed by atoms with Crippen molar-refractivity contribution in [3.8, 4) is 11.5 Å². The molecule has 20 heavy (non-hydrogen) atoms. The topological polar surface area (TPSA) is 67.6 Å². The number of methoxy groups -OCH3 is 1. The molecule has 1 aromatic carbocycles. The molecule has 2 aromatic rings. The van der Waals surface area contributed by atoms with Gasteiger partial charge in [-0.15, -0.1) is 0 Å². The van der Waals surface area contributed by atoms with Crippen LogP contribution in [0.5, 0.6) is 11.5 Å². The van der Waals surface area contributed by atoms with E-state index in [-0.39, 0.29) is 17.2 Å². The van der Waals surface area contributed by atoms with Gasteiger partial charge in [0.15, 0.2) is 0 Å². The van der Waals surface area contributed by atoms with E-state index in [1.807, 2.05) is 13.2 Å². The van der Waals surface area contributed by atoms with Gasteiger partial charge in [-0.05, 0) is 12.1 Å². The molecule has 0 spiro atoms. The fourth-order valence-corrected chi connectivity index (χ4v) is 1.92. The fraction of sp³-hybridized carbons (Fsp3) is 0.286. The van der Waals surface area contributed by atoms with Crippen molar-refractivity contribution in [1.82, 2.24) is 14.7 Å². The van der Waals surface area contributed by atoms with Gasteiger partial charge in [0.25, 0.3) is 5.91 Å². The minimum Gasteiger partial charge on any atom is -0.507 e. The van der Waals surface area contributed by atoms with Crippen LogP contribution in [0.1, 0.15) is 15.9 Å². The Morgan fingerprint density at radius 2 is 2.25 bits per heavy atom. The maximum atomic E-state index is 12.3. The zero-order chi connectivity index (χ0) is 14.7. The number of aryl methyl sites for hydroxylation is 1. The predicted octanol–water partition coefficient (Wildman–Crippen LogP) is 1.41. The molecule has 2 rings (SSSR count). The van der Waals surface area contributed by atoms with Crippen LogP contribution in [-0.4, -0.2) is 39.9 Å². The normalized spacial score (nSPS) is 10.3. The van der Waals surface area contributed by atoms with E-state index in [0.717, 1.165) is 5.56 Å². The third kappa shape index (κ3) is 2.90. The lowest BCUT2D eigenvalue weighted by molar-refractivity contribution is 0.0782. The largest absolute Gasteiger partial charge is 0.507 e. The van der Waals surface area contributed by atoms with Crippen LogP contribution in [0.2, 0.25) is 0 Å². The van der Waals surface area contributed by atoms with E-state index in [2.05, 4.69) is 5.10 Å². The zero-order valence-corrected chi connectivity index (χ0v) is 11.7. The minimum absolute atomic E-state index is 0.0904. The van der Waals surface area contributed by atoms with Gasteiger partial charge in [-0.25, -0.2) is 0 Å². The van der Waals surface area contributed by atoms with E-state index >= 15 is 0 Å². The number of hydrogen-bond acceptors (Lipinski definition) is 4. The van der Waals surface area contributed by atoms with Gasteiger partial charge in [-0.3, -0.25) is 9.48 Å². The first-order valence-corrected chi connectivity index (χ1v) is 6.11. The molecule has 0 unspecified atom stereocenters. The van der Waals surface area contributed by atoms with Gasteiger partial charge in [0, 0.05) is 38.5 Å². The van der Waals surface area contributed by atoms with Crippen molar-refractivity contribution >= 4 is 5.91 Å². The van der Waals surface area contributed by atoms with Gasteiger partial charge in [0.2, 0.25) is 0 Å². The number of aromatic nitrogens is 2. The predicted molar refractivity (Wildman–Crippen MR) is 73.7 cm³/mol. The smallest absolute Gasteiger partial charge is 0.257 e. The Morgan fingerprint density at radius 3 is 2.80 bits per heavy atom. The Bertz CT molecular complexity index is 622. The van der Waals surface area contributed by atoms with Crippen molar-refractivity contribution < 1.29 is 14.6 Å². The first-order chi connectivity index (χ1) is 9.51.